The molecule has 100 valence electrons. The SMILES string of the molecule is CC(CC(F)(F)F)NC(=O)NCc1ccccc1. The van der Waals surface area contributed by atoms with Crippen LogP contribution in [0.15, 0.2) is 30.3 Å². The van der Waals surface area contributed by atoms with Crippen LogP contribution in [-0.2, 0) is 6.54 Å². The molecule has 0 bridgehead atoms. The molecule has 18 heavy (non-hydrogen) atoms. The second kappa shape index (κ2) is 6.28. The van der Waals surface area contributed by atoms with Crippen molar-refractivity contribution in [2.75, 3.05) is 0 Å². The Hall–Kier alpha value is -1.72. The molecular formula is C12H15F3N2O. The standard InChI is InChI=1S/C12H15F3N2O/c1-9(7-12(13,14)15)17-11(18)16-8-10-5-3-2-4-6-10/h2-6,9H,7-8H2,1H3,(H2,16,17,18). The molecule has 0 aliphatic heterocycles. The Labute approximate surface area is 103 Å². The first-order valence-electron chi connectivity index (χ1n) is 5.52. The van der Waals surface area contributed by atoms with Crippen LogP contribution >= 0.6 is 0 Å². The van der Waals surface area contributed by atoms with Gasteiger partial charge in [-0.15, -0.1) is 0 Å². The lowest BCUT2D eigenvalue weighted by Crippen LogP contribution is -2.42. The summed E-state index contributed by atoms with van der Waals surface area (Å²) in [6.45, 7) is 1.60. The molecule has 2 N–H and O–H groups in total. The summed E-state index contributed by atoms with van der Waals surface area (Å²) < 4.78 is 36.1. The molecule has 0 radical (unpaired) electrons. The highest BCUT2D eigenvalue weighted by Crippen LogP contribution is 2.21. The molecule has 0 fully saturated rings. The zero-order valence-electron chi connectivity index (χ0n) is 9.92. The second-order valence-electron chi connectivity index (χ2n) is 4.03. The summed E-state index contributed by atoms with van der Waals surface area (Å²) in [6, 6.07) is 7.58. The summed E-state index contributed by atoms with van der Waals surface area (Å²) in [7, 11) is 0. The van der Waals surface area contributed by atoms with Crippen LogP contribution in [0.2, 0.25) is 0 Å². The van der Waals surface area contributed by atoms with Gasteiger partial charge >= 0.3 is 12.2 Å². The molecule has 1 rings (SSSR count). The fraction of sp³-hybridized carbons (Fsp3) is 0.417. The van der Waals surface area contributed by atoms with E-state index in [-0.39, 0.29) is 6.54 Å². The summed E-state index contributed by atoms with van der Waals surface area (Å²) >= 11 is 0. The number of carbonyl (C=O) groups is 1. The van der Waals surface area contributed by atoms with E-state index in [1.54, 1.807) is 0 Å². The van der Waals surface area contributed by atoms with E-state index >= 15 is 0 Å². The summed E-state index contributed by atoms with van der Waals surface area (Å²) in [4.78, 5) is 11.3. The highest BCUT2D eigenvalue weighted by Gasteiger charge is 2.30. The van der Waals surface area contributed by atoms with Gasteiger partial charge in [0.1, 0.15) is 0 Å². The number of carbonyl (C=O) groups excluding carboxylic acids is 1. The van der Waals surface area contributed by atoms with Crippen LogP contribution in [0.1, 0.15) is 18.9 Å². The average molecular weight is 260 g/mol. The molecule has 0 aliphatic carbocycles. The predicted molar refractivity (Wildman–Crippen MR) is 61.9 cm³/mol. The lowest BCUT2D eigenvalue weighted by molar-refractivity contribution is -0.138. The van der Waals surface area contributed by atoms with Crippen LogP contribution in [0, 0.1) is 0 Å². The largest absolute Gasteiger partial charge is 0.391 e. The maximum absolute atomic E-state index is 12.0. The number of rotatable bonds is 4. The van der Waals surface area contributed by atoms with E-state index in [0.29, 0.717) is 0 Å². The van der Waals surface area contributed by atoms with Crippen molar-refractivity contribution >= 4 is 6.03 Å². The highest BCUT2D eigenvalue weighted by atomic mass is 19.4. The molecule has 0 spiro atoms. The molecule has 0 aliphatic rings. The fourth-order valence-corrected chi connectivity index (χ4v) is 1.45. The predicted octanol–water partition coefficient (Wildman–Crippen LogP) is 2.83. The molecule has 3 nitrogen and oxygen atoms in total. The lowest BCUT2D eigenvalue weighted by Gasteiger charge is -2.16. The van der Waals surface area contributed by atoms with E-state index in [1.165, 1.54) is 6.92 Å². The van der Waals surface area contributed by atoms with Gasteiger partial charge in [0, 0.05) is 12.6 Å². The number of amides is 2. The van der Waals surface area contributed by atoms with Gasteiger partial charge in [-0.2, -0.15) is 13.2 Å². The Morgan fingerprint density at radius 3 is 2.44 bits per heavy atom. The van der Waals surface area contributed by atoms with Crippen LogP contribution in [0.5, 0.6) is 0 Å². The number of urea groups is 1. The van der Waals surface area contributed by atoms with Crippen molar-refractivity contribution in [1.82, 2.24) is 10.6 Å². The van der Waals surface area contributed by atoms with E-state index in [0.717, 1.165) is 5.56 Å². The summed E-state index contributed by atoms with van der Waals surface area (Å²) in [5.41, 5.74) is 0.885. The monoisotopic (exact) mass is 260 g/mol. The van der Waals surface area contributed by atoms with Crippen molar-refractivity contribution in [3.63, 3.8) is 0 Å². The molecule has 1 unspecified atom stereocenters. The Morgan fingerprint density at radius 1 is 1.28 bits per heavy atom. The van der Waals surface area contributed by atoms with Crippen LogP contribution in [0.25, 0.3) is 0 Å². The van der Waals surface area contributed by atoms with Crippen LogP contribution in [0.4, 0.5) is 18.0 Å². The number of hydrogen-bond acceptors (Lipinski definition) is 1. The van der Waals surface area contributed by atoms with Crippen molar-refractivity contribution in [3.05, 3.63) is 35.9 Å². The van der Waals surface area contributed by atoms with Gasteiger partial charge < -0.3 is 10.6 Å². The molecule has 6 heteroatoms. The minimum absolute atomic E-state index is 0.283. The van der Waals surface area contributed by atoms with E-state index in [4.69, 9.17) is 0 Å². The first kappa shape index (κ1) is 14.3. The third-order valence-electron chi connectivity index (χ3n) is 2.21. The van der Waals surface area contributed by atoms with Crippen LogP contribution < -0.4 is 10.6 Å². The number of benzene rings is 1. The van der Waals surface area contributed by atoms with Crippen molar-refractivity contribution in [2.24, 2.45) is 0 Å². The molecule has 0 saturated heterocycles. The van der Waals surface area contributed by atoms with E-state index in [2.05, 4.69) is 10.6 Å². The van der Waals surface area contributed by atoms with Crippen molar-refractivity contribution in [3.8, 4) is 0 Å². The van der Waals surface area contributed by atoms with Gasteiger partial charge in [-0.1, -0.05) is 30.3 Å². The normalized spacial score (nSPS) is 12.9. The minimum atomic E-state index is -4.27. The van der Waals surface area contributed by atoms with Gasteiger partial charge in [0.15, 0.2) is 0 Å². The molecule has 0 aromatic heterocycles. The first-order valence-corrected chi connectivity index (χ1v) is 5.52. The van der Waals surface area contributed by atoms with E-state index in [1.807, 2.05) is 30.3 Å². The molecule has 0 heterocycles. The number of hydrogen-bond donors (Lipinski definition) is 2. The summed E-state index contributed by atoms with van der Waals surface area (Å²) in [6.07, 6.45) is -5.31. The van der Waals surface area contributed by atoms with Crippen molar-refractivity contribution in [1.29, 1.82) is 0 Å². The van der Waals surface area contributed by atoms with Gasteiger partial charge in [-0.05, 0) is 12.5 Å². The Balaban J connectivity index is 2.30. The maximum Gasteiger partial charge on any atom is 0.391 e. The number of nitrogens with one attached hydrogen (secondary N) is 2. The Bertz CT molecular complexity index is 379. The van der Waals surface area contributed by atoms with Gasteiger partial charge in [-0.3, -0.25) is 0 Å². The fourth-order valence-electron chi connectivity index (χ4n) is 1.45. The zero-order valence-corrected chi connectivity index (χ0v) is 9.92. The topological polar surface area (TPSA) is 41.1 Å². The maximum atomic E-state index is 12.0. The van der Waals surface area contributed by atoms with Gasteiger partial charge in [-0.25, -0.2) is 4.79 Å². The third-order valence-corrected chi connectivity index (χ3v) is 2.21. The van der Waals surface area contributed by atoms with Gasteiger partial charge in [0.25, 0.3) is 0 Å². The second-order valence-corrected chi connectivity index (χ2v) is 4.03. The van der Waals surface area contributed by atoms with Crippen LogP contribution in [0.3, 0.4) is 0 Å². The first-order chi connectivity index (χ1) is 8.37. The van der Waals surface area contributed by atoms with Gasteiger partial charge in [0.05, 0.1) is 6.42 Å². The Morgan fingerprint density at radius 2 is 1.89 bits per heavy atom. The zero-order chi connectivity index (χ0) is 13.6. The number of halogens is 3. The van der Waals surface area contributed by atoms with E-state index < -0.39 is 24.7 Å². The third kappa shape index (κ3) is 6.12. The summed E-state index contributed by atoms with van der Waals surface area (Å²) in [5, 5.41) is 4.73. The Kier molecular flexibility index (Phi) is 5.00. The summed E-state index contributed by atoms with van der Waals surface area (Å²) in [5.74, 6) is 0. The average Bonchev–Trinajstić information content (AvgIpc) is 2.25. The van der Waals surface area contributed by atoms with E-state index in [9.17, 15) is 18.0 Å². The highest BCUT2D eigenvalue weighted by molar-refractivity contribution is 5.74. The van der Waals surface area contributed by atoms with Crippen molar-refractivity contribution < 1.29 is 18.0 Å². The number of alkyl halides is 3. The van der Waals surface area contributed by atoms with Gasteiger partial charge in [0.2, 0.25) is 0 Å². The minimum Gasteiger partial charge on any atom is -0.335 e. The molecule has 0 saturated carbocycles. The molecule has 1 atom stereocenters. The molecule has 1 aromatic rings. The molecular weight excluding hydrogens is 245 g/mol. The lowest BCUT2D eigenvalue weighted by atomic mass is 10.2. The quantitative estimate of drug-likeness (QED) is 0.858. The van der Waals surface area contributed by atoms with Crippen molar-refractivity contribution in [2.45, 2.75) is 32.1 Å². The molecule has 2 amide bonds. The molecule has 1 aromatic carbocycles. The van der Waals surface area contributed by atoms with Crippen LogP contribution in [-0.4, -0.2) is 18.2 Å². The smallest absolute Gasteiger partial charge is 0.335 e.